The molecule has 5 nitrogen and oxygen atoms in total. The molecule has 0 saturated carbocycles. The molecule has 0 aromatic carbocycles. The van der Waals surface area contributed by atoms with Crippen LogP contribution in [0.4, 0.5) is 0 Å². The first-order chi connectivity index (χ1) is 8.17. The van der Waals surface area contributed by atoms with Gasteiger partial charge in [0.25, 0.3) is 0 Å². The van der Waals surface area contributed by atoms with Gasteiger partial charge in [-0.1, -0.05) is 18.2 Å². The second kappa shape index (κ2) is 4.63. The zero-order valence-electron chi connectivity index (χ0n) is 10.3. The summed E-state index contributed by atoms with van der Waals surface area (Å²) in [4.78, 5) is 4.56. The number of aryl methyl sites for hydroxylation is 3. The van der Waals surface area contributed by atoms with Crippen molar-refractivity contribution in [2.75, 3.05) is 0 Å². The van der Waals surface area contributed by atoms with Gasteiger partial charge in [-0.25, -0.2) is 4.68 Å². The van der Waals surface area contributed by atoms with E-state index in [2.05, 4.69) is 22.2 Å². The van der Waals surface area contributed by atoms with E-state index in [1.54, 1.807) is 11.7 Å². The van der Waals surface area contributed by atoms with Gasteiger partial charge < -0.3 is 5.11 Å². The fourth-order valence-corrected chi connectivity index (χ4v) is 1.81. The predicted molar refractivity (Wildman–Crippen MR) is 64.3 cm³/mol. The molecule has 0 spiro atoms. The largest absolute Gasteiger partial charge is 0.390 e. The van der Waals surface area contributed by atoms with Crippen LogP contribution in [-0.4, -0.2) is 25.1 Å². The Morgan fingerprint density at radius 2 is 2.12 bits per heavy atom. The van der Waals surface area contributed by atoms with Crippen molar-refractivity contribution in [2.24, 2.45) is 7.05 Å². The van der Waals surface area contributed by atoms with Crippen molar-refractivity contribution < 1.29 is 5.11 Å². The Kier molecular flexibility index (Phi) is 3.19. The molecular formula is C12H16N4O. The summed E-state index contributed by atoms with van der Waals surface area (Å²) in [6.07, 6.45) is 0.883. The van der Waals surface area contributed by atoms with E-state index in [0.29, 0.717) is 11.4 Å². The fraction of sp³-hybridized carbons (Fsp3) is 0.417. The number of hydrogen-bond donors (Lipinski definition) is 1. The van der Waals surface area contributed by atoms with Gasteiger partial charge >= 0.3 is 0 Å². The average molecular weight is 232 g/mol. The smallest absolute Gasteiger partial charge is 0.137 e. The third-order valence-corrected chi connectivity index (χ3v) is 2.87. The normalized spacial score (nSPS) is 10.8. The van der Waals surface area contributed by atoms with Crippen molar-refractivity contribution in [2.45, 2.75) is 26.9 Å². The van der Waals surface area contributed by atoms with Crippen molar-refractivity contribution in [3.05, 3.63) is 29.1 Å². The summed E-state index contributed by atoms with van der Waals surface area (Å²) in [6.45, 7) is 4.03. The Labute approximate surface area is 100 Å². The number of hydrogen-bond acceptors (Lipinski definition) is 4. The van der Waals surface area contributed by atoms with Gasteiger partial charge in [-0.2, -0.15) is 0 Å². The lowest BCUT2D eigenvalue weighted by Gasteiger charge is -2.05. The van der Waals surface area contributed by atoms with Crippen LogP contribution in [0.1, 0.15) is 23.9 Å². The molecule has 0 amide bonds. The first-order valence-electron chi connectivity index (χ1n) is 5.63. The molecule has 0 unspecified atom stereocenters. The molecule has 0 saturated heterocycles. The first kappa shape index (κ1) is 11.7. The molecule has 2 rings (SSSR count). The number of rotatable bonds is 3. The summed E-state index contributed by atoms with van der Waals surface area (Å²) < 4.78 is 1.57. The maximum absolute atomic E-state index is 9.30. The van der Waals surface area contributed by atoms with Crippen molar-refractivity contribution in [1.29, 1.82) is 0 Å². The van der Waals surface area contributed by atoms with E-state index in [9.17, 15) is 5.11 Å². The van der Waals surface area contributed by atoms with Crippen molar-refractivity contribution in [3.63, 3.8) is 0 Å². The molecule has 2 heterocycles. The maximum Gasteiger partial charge on any atom is 0.137 e. The summed E-state index contributed by atoms with van der Waals surface area (Å²) in [5.74, 6) is 0. The van der Waals surface area contributed by atoms with Gasteiger partial charge in [0.15, 0.2) is 0 Å². The van der Waals surface area contributed by atoms with Crippen molar-refractivity contribution >= 4 is 0 Å². The van der Waals surface area contributed by atoms with Gasteiger partial charge in [0, 0.05) is 12.7 Å². The fourth-order valence-electron chi connectivity index (χ4n) is 1.81. The van der Waals surface area contributed by atoms with Crippen molar-refractivity contribution in [3.8, 4) is 11.4 Å². The molecule has 2 aromatic rings. The lowest BCUT2D eigenvalue weighted by Crippen LogP contribution is -2.00. The summed E-state index contributed by atoms with van der Waals surface area (Å²) in [7, 11) is 1.76. The van der Waals surface area contributed by atoms with Crippen LogP contribution in [0.2, 0.25) is 0 Å². The zero-order chi connectivity index (χ0) is 12.4. The summed E-state index contributed by atoms with van der Waals surface area (Å²) in [5, 5.41) is 17.3. The van der Waals surface area contributed by atoms with Gasteiger partial charge in [0.2, 0.25) is 0 Å². The number of nitrogens with zero attached hydrogens (tertiary/aromatic N) is 4. The molecule has 0 aliphatic heterocycles. The molecule has 1 N–H and O–H groups in total. The van der Waals surface area contributed by atoms with Crippen LogP contribution in [0.3, 0.4) is 0 Å². The van der Waals surface area contributed by atoms with Gasteiger partial charge in [0.1, 0.15) is 5.69 Å². The number of aliphatic hydroxyl groups is 1. The molecule has 0 radical (unpaired) electrons. The van der Waals surface area contributed by atoms with Gasteiger partial charge in [-0.3, -0.25) is 4.98 Å². The van der Waals surface area contributed by atoms with E-state index >= 15 is 0 Å². The molecular weight excluding hydrogens is 216 g/mol. The molecule has 0 fully saturated rings. The minimum atomic E-state index is -0.0875. The maximum atomic E-state index is 9.30. The lowest BCUT2D eigenvalue weighted by molar-refractivity contribution is 0.271. The van der Waals surface area contributed by atoms with Crippen LogP contribution in [0.15, 0.2) is 12.1 Å². The van der Waals surface area contributed by atoms with Gasteiger partial charge in [-0.15, -0.1) is 5.10 Å². The molecule has 90 valence electrons. The van der Waals surface area contributed by atoms with Crippen LogP contribution in [-0.2, 0) is 20.1 Å². The zero-order valence-corrected chi connectivity index (χ0v) is 10.3. The Hall–Kier alpha value is -1.75. The monoisotopic (exact) mass is 232 g/mol. The highest BCUT2D eigenvalue weighted by atomic mass is 16.3. The molecule has 17 heavy (non-hydrogen) atoms. The predicted octanol–water partition coefficient (Wildman–Crippen LogP) is 1.24. The van der Waals surface area contributed by atoms with E-state index in [4.69, 9.17) is 0 Å². The van der Waals surface area contributed by atoms with E-state index < -0.39 is 0 Å². The first-order valence-corrected chi connectivity index (χ1v) is 5.63. The summed E-state index contributed by atoms with van der Waals surface area (Å²) in [5.41, 5.74) is 4.33. The van der Waals surface area contributed by atoms with Crippen LogP contribution in [0, 0.1) is 6.92 Å². The SMILES string of the molecule is CCc1nc(-c2nnn(C)c2CO)ccc1C. The number of aromatic nitrogens is 4. The average Bonchev–Trinajstić information content (AvgIpc) is 2.71. The summed E-state index contributed by atoms with van der Waals surface area (Å²) in [6, 6.07) is 3.94. The Bertz CT molecular complexity index is 533. The topological polar surface area (TPSA) is 63.8 Å². The molecule has 2 aromatic heterocycles. The van der Waals surface area contributed by atoms with Crippen LogP contribution >= 0.6 is 0 Å². The highest BCUT2D eigenvalue weighted by molar-refractivity contribution is 5.57. The molecule has 0 atom stereocenters. The number of aliphatic hydroxyl groups excluding tert-OH is 1. The third-order valence-electron chi connectivity index (χ3n) is 2.87. The van der Waals surface area contributed by atoms with Crippen LogP contribution in [0.5, 0.6) is 0 Å². The Balaban J connectivity index is 2.52. The second-order valence-corrected chi connectivity index (χ2v) is 3.98. The van der Waals surface area contributed by atoms with E-state index in [1.807, 2.05) is 19.1 Å². The van der Waals surface area contributed by atoms with Gasteiger partial charge in [0.05, 0.1) is 18.0 Å². The molecule has 5 heteroatoms. The lowest BCUT2D eigenvalue weighted by atomic mass is 10.1. The van der Waals surface area contributed by atoms with Crippen molar-refractivity contribution in [1.82, 2.24) is 20.0 Å². The van der Waals surface area contributed by atoms with E-state index in [0.717, 1.165) is 17.8 Å². The van der Waals surface area contributed by atoms with E-state index in [-0.39, 0.29) is 6.61 Å². The summed E-state index contributed by atoms with van der Waals surface area (Å²) >= 11 is 0. The van der Waals surface area contributed by atoms with Gasteiger partial charge in [-0.05, 0) is 25.0 Å². The molecule has 0 aliphatic carbocycles. The Morgan fingerprint density at radius 3 is 2.76 bits per heavy atom. The molecule has 0 aliphatic rings. The Morgan fingerprint density at radius 1 is 1.35 bits per heavy atom. The number of pyridine rings is 1. The standard InChI is InChI=1S/C12H16N4O/c1-4-9-8(2)5-6-10(13-9)12-11(7-17)16(3)15-14-12/h5-6,17H,4,7H2,1-3H3. The minimum Gasteiger partial charge on any atom is -0.390 e. The quantitative estimate of drug-likeness (QED) is 0.864. The third kappa shape index (κ3) is 2.06. The van der Waals surface area contributed by atoms with Crippen LogP contribution in [0.25, 0.3) is 11.4 Å². The van der Waals surface area contributed by atoms with Crippen LogP contribution < -0.4 is 0 Å². The minimum absolute atomic E-state index is 0.0875. The second-order valence-electron chi connectivity index (χ2n) is 3.98. The highest BCUT2D eigenvalue weighted by Gasteiger charge is 2.13. The molecule has 0 bridgehead atoms. The van der Waals surface area contributed by atoms with E-state index in [1.165, 1.54) is 5.56 Å². The highest BCUT2D eigenvalue weighted by Crippen LogP contribution is 2.20.